The molecule has 0 aliphatic heterocycles. The monoisotopic (exact) mass is 133 g/mol. The lowest BCUT2D eigenvalue weighted by molar-refractivity contribution is -0.134. The molecule has 0 aliphatic carbocycles. The second-order valence-electron chi connectivity index (χ2n) is 1.17. The molecule has 0 heterocycles. The van der Waals surface area contributed by atoms with Gasteiger partial charge in [0, 0.05) is 13.5 Å². The summed E-state index contributed by atoms with van der Waals surface area (Å²) in [5.41, 5.74) is 1.90. The van der Waals surface area contributed by atoms with Crippen LogP contribution < -0.4 is 5.48 Å². The number of carboxylic acid groups (broad SMARTS) is 1. The van der Waals surface area contributed by atoms with E-state index in [1.54, 1.807) is 6.08 Å². The molecule has 0 unspecified atom stereocenters. The Morgan fingerprint density at radius 1 is 1.89 bits per heavy atom. The predicted octanol–water partition coefficient (Wildman–Crippen LogP) is 0.242. The van der Waals surface area contributed by atoms with E-state index in [0.29, 0.717) is 6.54 Å². The topological polar surface area (TPSA) is 69.6 Å². The van der Waals surface area contributed by atoms with Gasteiger partial charge in [-0.05, 0) is 0 Å². The van der Waals surface area contributed by atoms with Gasteiger partial charge in [-0.15, -0.1) is 6.58 Å². The molecule has 0 aliphatic rings. The van der Waals surface area contributed by atoms with Crippen molar-refractivity contribution in [2.24, 2.45) is 0 Å². The molecule has 0 aromatic heterocycles. The first-order chi connectivity index (χ1) is 4.15. The average Bonchev–Trinajstić information content (AvgIpc) is 1.66. The Hall–Kier alpha value is -0.870. The number of hydrogen-bond acceptors (Lipinski definition) is 3. The van der Waals surface area contributed by atoms with Crippen LogP contribution in [0.25, 0.3) is 0 Å². The minimum Gasteiger partial charge on any atom is -0.481 e. The predicted molar refractivity (Wildman–Crippen MR) is 33.3 cm³/mol. The van der Waals surface area contributed by atoms with Crippen molar-refractivity contribution in [3.63, 3.8) is 0 Å². The van der Waals surface area contributed by atoms with E-state index in [2.05, 4.69) is 6.58 Å². The minimum atomic E-state index is -0.833. The molecule has 0 spiro atoms. The van der Waals surface area contributed by atoms with Gasteiger partial charge in [0.25, 0.3) is 5.97 Å². The number of hydrogen-bond donors (Lipinski definition) is 3. The average molecular weight is 133 g/mol. The molecule has 4 nitrogen and oxygen atoms in total. The van der Waals surface area contributed by atoms with E-state index in [1.807, 2.05) is 5.48 Å². The molecule has 0 aromatic rings. The summed E-state index contributed by atoms with van der Waals surface area (Å²) in [5.74, 6) is -0.833. The lowest BCUT2D eigenvalue weighted by Gasteiger charge is -1.78. The number of hydroxylamine groups is 1. The highest BCUT2D eigenvalue weighted by Gasteiger charge is 1.65. The number of aliphatic carboxylic acids is 1. The number of carbonyl (C=O) groups is 1. The fraction of sp³-hybridized carbons (Fsp3) is 0.400. The van der Waals surface area contributed by atoms with Crippen LogP contribution in [0.15, 0.2) is 12.7 Å². The second-order valence-corrected chi connectivity index (χ2v) is 1.17. The highest BCUT2D eigenvalue weighted by Crippen LogP contribution is 1.48. The highest BCUT2D eigenvalue weighted by atomic mass is 16.5. The van der Waals surface area contributed by atoms with Crippen molar-refractivity contribution < 1.29 is 15.1 Å². The molecular formula is C5H11NO3. The highest BCUT2D eigenvalue weighted by molar-refractivity contribution is 5.62. The van der Waals surface area contributed by atoms with E-state index in [9.17, 15) is 0 Å². The molecule has 0 rings (SSSR count). The van der Waals surface area contributed by atoms with Crippen LogP contribution in [0.3, 0.4) is 0 Å². The summed E-state index contributed by atoms with van der Waals surface area (Å²) in [6.07, 6.45) is 1.57. The van der Waals surface area contributed by atoms with Gasteiger partial charge in [-0.25, -0.2) is 5.48 Å². The van der Waals surface area contributed by atoms with E-state index >= 15 is 0 Å². The minimum absolute atomic E-state index is 0.458. The maximum absolute atomic E-state index is 9.00. The van der Waals surface area contributed by atoms with Crippen LogP contribution in [0.5, 0.6) is 0 Å². The molecule has 0 saturated heterocycles. The van der Waals surface area contributed by atoms with Crippen molar-refractivity contribution in [2.45, 2.75) is 6.92 Å². The summed E-state index contributed by atoms with van der Waals surface area (Å²) >= 11 is 0. The normalized spacial score (nSPS) is 6.89. The Balaban J connectivity index is 0. The number of carboxylic acids is 1. The second kappa shape index (κ2) is 10.2. The Labute approximate surface area is 53.8 Å². The molecule has 0 amide bonds. The Morgan fingerprint density at radius 3 is 2.22 bits per heavy atom. The summed E-state index contributed by atoms with van der Waals surface area (Å²) in [6.45, 7) is 4.87. The third-order valence-electron chi connectivity index (χ3n) is 0.236. The first kappa shape index (κ1) is 11.0. The Kier molecular flexibility index (Phi) is 12.4. The number of rotatable bonds is 2. The zero-order valence-electron chi connectivity index (χ0n) is 5.29. The van der Waals surface area contributed by atoms with Crippen molar-refractivity contribution in [3.8, 4) is 0 Å². The fourth-order valence-corrected chi connectivity index (χ4v) is 0.0645. The van der Waals surface area contributed by atoms with Crippen LogP contribution in [0, 0.1) is 0 Å². The summed E-state index contributed by atoms with van der Waals surface area (Å²) in [4.78, 5) is 9.00. The lowest BCUT2D eigenvalue weighted by atomic mass is 10.7. The fourth-order valence-electron chi connectivity index (χ4n) is 0.0645. The van der Waals surface area contributed by atoms with Crippen molar-refractivity contribution in [2.75, 3.05) is 6.54 Å². The SMILES string of the molecule is C=CCNO.CC(=O)O. The van der Waals surface area contributed by atoms with E-state index in [4.69, 9.17) is 15.1 Å². The molecule has 9 heavy (non-hydrogen) atoms. The van der Waals surface area contributed by atoms with Crippen LogP contribution in [0.1, 0.15) is 6.92 Å². The van der Waals surface area contributed by atoms with Gasteiger partial charge >= 0.3 is 0 Å². The van der Waals surface area contributed by atoms with Crippen LogP contribution in [-0.2, 0) is 4.79 Å². The van der Waals surface area contributed by atoms with Gasteiger partial charge in [-0.1, -0.05) is 6.08 Å². The maximum Gasteiger partial charge on any atom is 0.300 e. The van der Waals surface area contributed by atoms with Crippen molar-refractivity contribution in [3.05, 3.63) is 12.7 Å². The first-order valence-electron chi connectivity index (χ1n) is 2.32. The van der Waals surface area contributed by atoms with Gasteiger partial charge in [0.15, 0.2) is 0 Å². The molecule has 54 valence electrons. The standard InChI is InChI=1S/C3H7NO.C2H4O2/c1-2-3-4-5;1-2(3)4/h2,4-5H,1,3H2;1H3,(H,3,4). The van der Waals surface area contributed by atoms with E-state index in [-0.39, 0.29) is 0 Å². The van der Waals surface area contributed by atoms with Gasteiger partial charge < -0.3 is 10.3 Å². The zero-order chi connectivity index (χ0) is 7.70. The third kappa shape index (κ3) is 147. The molecule has 4 heteroatoms. The molecule has 0 aromatic carbocycles. The van der Waals surface area contributed by atoms with Gasteiger partial charge in [-0.3, -0.25) is 4.79 Å². The van der Waals surface area contributed by atoms with Gasteiger partial charge in [0.2, 0.25) is 0 Å². The maximum atomic E-state index is 9.00. The summed E-state index contributed by atoms with van der Waals surface area (Å²) < 4.78 is 0. The zero-order valence-corrected chi connectivity index (χ0v) is 5.29. The quantitative estimate of drug-likeness (QED) is 0.373. The molecule has 3 N–H and O–H groups in total. The van der Waals surface area contributed by atoms with E-state index in [0.717, 1.165) is 6.92 Å². The molecular weight excluding hydrogens is 122 g/mol. The summed E-state index contributed by atoms with van der Waals surface area (Å²) in [5, 5.41) is 15.2. The van der Waals surface area contributed by atoms with Crippen LogP contribution in [-0.4, -0.2) is 22.8 Å². The number of nitrogens with one attached hydrogen (secondary N) is 1. The molecule has 0 radical (unpaired) electrons. The lowest BCUT2D eigenvalue weighted by Crippen LogP contribution is -2.04. The molecule has 0 fully saturated rings. The van der Waals surface area contributed by atoms with Crippen LogP contribution >= 0.6 is 0 Å². The van der Waals surface area contributed by atoms with Crippen molar-refractivity contribution in [1.82, 2.24) is 5.48 Å². The van der Waals surface area contributed by atoms with Crippen molar-refractivity contribution >= 4 is 5.97 Å². The molecule has 0 bridgehead atoms. The molecule has 0 atom stereocenters. The van der Waals surface area contributed by atoms with Gasteiger partial charge in [-0.2, -0.15) is 0 Å². The van der Waals surface area contributed by atoms with Crippen molar-refractivity contribution in [1.29, 1.82) is 0 Å². The smallest absolute Gasteiger partial charge is 0.300 e. The Morgan fingerprint density at radius 2 is 2.22 bits per heavy atom. The van der Waals surface area contributed by atoms with Crippen LogP contribution in [0.2, 0.25) is 0 Å². The van der Waals surface area contributed by atoms with E-state index < -0.39 is 5.97 Å². The van der Waals surface area contributed by atoms with Gasteiger partial charge in [0.1, 0.15) is 0 Å². The van der Waals surface area contributed by atoms with Crippen LogP contribution in [0.4, 0.5) is 0 Å². The largest absolute Gasteiger partial charge is 0.481 e. The first-order valence-corrected chi connectivity index (χ1v) is 2.32. The summed E-state index contributed by atoms with van der Waals surface area (Å²) in [7, 11) is 0. The Bertz CT molecular complexity index is 78.3. The van der Waals surface area contributed by atoms with E-state index in [1.165, 1.54) is 0 Å². The van der Waals surface area contributed by atoms with Gasteiger partial charge in [0.05, 0.1) is 0 Å². The third-order valence-corrected chi connectivity index (χ3v) is 0.236. The molecule has 0 saturated carbocycles. The summed E-state index contributed by atoms with van der Waals surface area (Å²) in [6, 6.07) is 0.